The maximum absolute atomic E-state index is 11.9. The van der Waals surface area contributed by atoms with Crippen molar-refractivity contribution in [1.29, 1.82) is 0 Å². The van der Waals surface area contributed by atoms with Crippen LogP contribution in [0.2, 0.25) is 0 Å². The van der Waals surface area contributed by atoms with Crippen molar-refractivity contribution in [3.05, 3.63) is 29.8 Å². The molecule has 0 unspecified atom stereocenters. The van der Waals surface area contributed by atoms with Gasteiger partial charge in [0.15, 0.2) is 5.78 Å². The molecule has 0 heterocycles. The molecule has 1 nitrogen and oxygen atoms in total. The fourth-order valence-electron chi connectivity index (χ4n) is 2.55. The molecule has 1 saturated carbocycles. The highest BCUT2D eigenvalue weighted by Crippen LogP contribution is 2.33. The van der Waals surface area contributed by atoms with E-state index in [0.29, 0.717) is 11.7 Å². The van der Waals surface area contributed by atoms with E-state index in [4.69, 9.17) is 0 Å². The third-order valence-corrected chi connectivity index (χ3v) is 5.20. The van der Waals surface area contributed by atoms with Crippen molar-refractivity contribution in [3.63, 3.8) is 0 Å². The SMILES string of the molecule is CCCCCCCCCSc1ccc(C(=O)C2CC2)cc1. The van der Waals surface area contributed by atoms with Crippen molar-refractivity contribution < 1.29 is 4.79 Å². The van der Waals surface area contributed by atoms with E-state index >= 15 is 0 Å². The zero-order valence-corrected chi connectivity index (χ0v) is 14.1. The minimum Gasteiger partial charge on any atom is -0.294 e. The van der Waals surface area contributed by atoms with Gasteiger partial charge in [0.25, 0.3) is 0 Å². The zero-order chi connectivity index (χ0) is 14.9. The van der Waals surface area contributed by atoms with Gasteiger partial charge in [0.2, 0.25) is 0 Å². The lowest BCUT2D eigenvalue weighted by molar-refractivity contribution is 0.0967. The van der Waals surface area contributed by atoms with Gasteiger partial charge in [-0.3, -0.25) is 4.79 Å². The summed E-state index contributed by atoms with van der Waals surface area (Å²) >= 11 is 1.92. The van der Waals surface area contributed by atoms with Crippen molar-refractivity contribution in [1.82, 2.24) is 0 Å². The molecule has 2 heteroatoms. The highest BCUT2D eigenvalue weighted by molar-refractivity contribution is 7.99. The van der Waals surface area contributed by atoms with E-state index in [-0.39, 0.29) is 0 Å². The van der Waals surface area contributed by atoms with Crippen LogP contribution in [0.15, 0.2) is 29.2 Å². The highest BCUT2D eigenvalue weighted by atomic mass is 32.2. The Morgan fingerprint density at radius 3 is 2.24 bits per heavy atom. The third-order valence-electron chi connectivity index (χ3n) is 4.10. The summed E-state index contributed by atoms with van der Waals surface area (Å²) in [5.74, 6) is 1.87. The normalized spacial score (nSPS) is 14.3. The molecule has 0 spiro atoms. The lowest BCUT2D eigenvalue weighted by Crippen LogP contribution is -2.00. The largest absolute Gasteiger partial charge is 0.294 e. The van der Waals surface area contributed by atoms with E-state index in [1.807, 2.05) is 23.9 Å². The van der Waals surface area contributed by atoms with Gasteiger partial charge in [-0.05, 0) is 37.1 Å². The van der Waals surface area contributed by atoms with Gasteiger partial charge in [-0.1, -0.05) is 57.6 Å². The maximum atomic E-state index is 11.9. The maximum Gasteiger partial charge on any atom is 0.165 e. The topological polar surface area (TPSA) is 17.1 Å². The number of benzene rings is 1. The first-order valence-electron chi connectivity index (χ1n) is 8.58. The fraction of sp³-hybridized carbons (Fsp3) is 0.632. The van der Waals surface area contributed by atoms with E-state index in [1.165, 1.54) is 55.6 Å². The van der Waals surface area contributed by atoms with Gasteiger partial charge in [0.05, 0.1) is 0 Å². The molecule has 0 bridgehead atoms. The summed E-state index contributed by atoms with van der Waals surface area (Å²) in [4.78, 5) is 13.2. The summed E-state index contributed by atoms with van der Waals surface area (Å²) in [5, 5.41) is 0. The van der Waals surface area contributed by atoms with Gasteiger partial charge in [-0.2, -0.15) is 0 Å². The molecule has 1 aromatic rings. The number of hydrogen-bond acceptors (Lipinski definition) is 2. The first-order valence-corrected chi connectivity index (χ1v) is 9.57. The van der Waals surface area contributed by atoms with Crippen molar-refractivity contribution in [2.75, 3.05) is 5.75 Å². The van der Waals surface area contributed by atoms with Crippen LogP contribution in [-0.4, -0.2) is 11.5 Å². The van der Waals surface area contributed by atoms with E-state index < -0.39 is 0 Å². The van der Waals surface area contributed by atoms with Crippen molar-refractivity contribution in [2.45, 2.75) is 69.6 Å². The highest BCUT2D eigenvalue weighted by Gasteiger charge is 2.30. The monoisotopic (exact) mass is 304 g/mol. The van der Waals surface area contributed by atoms with Crippen LogP contribution < -0.4 is 0 Å². The van der Waals surface area contributed by atoms with Crippen molar-refractivity contribution >= 4 is 17.5 Å². The summed E-state index contributed by atoms with van der Waals surface area (Å²) in [6.07, 6.45) is 11.7. The smallest absolute Gasteiger partial charge is 0.165 e. The number of unbranched alkanes of at least 4 members (excludes halogenated alkanes) is 6. The molecular weight excluding hydrogens is 276 g/mol. The number of carbonyl (C=O) groups is 1. The van der Waals surface area contributed by atoms with Crippen molar-refractivity contribution in [3.8, 4) is 0 Å². The standard InChI is InChI=1S/C19H28OS/c1-2-3-4-5-6-7-8-15-21-18-13-11-17(12-14-18)19(20)16-9-10-16/h11-14,16H,2-10,15H2,1H3. The lowest BCUT2D eigenvalue weighted by Gasteiger charge is -2.04. The quantitative estimate of drug-likeness (QED) is 0.278. The fourth-order valence-corrected chi connectivity index (χ4v) is 3.46. The minimum absolute atomic E-state index is 0.330. The predicted octanol–water partition coefficient (Wildman–Crippen LogP) is 6.12. The molecule has 0 aromatic heterocycles. The second-order valence-corrected chi connectivity index (χ2v) is 7.30. The van der Waals surface area contributed by atoms with Crippen LogP contribution in [0.25, 0.3) is 0 Å². The Morgan fingerprint density at radius 1 is 1.00 bits per heavy atom. The van der Waals surface area contributed by atoms with Gasteiger partial charge in [0, 0.05) is 16.4 Å². The number of Topliss-reactive ketones (excluding diaryl/α,β-unsaturated/α-hetero) is 1. The second kappa shape index (κ2) is 9.30. The second-order valence-electron chi connectivity index (χ2n) is 6.13. The van der Waals surface area contributed by atoms with Crippen LogP contribution >= 0.6 is 11.8 Å². The predicted molar refractivity (Wildman–Crippen MR) is 92.2 cm³/mol. The number of hydrogen-bond donors (Lipinski definition) is 0. The number of carbonyl (C=O) groups excluding carboxylic acids is 1. The molecule has 1 aliphatic rings. The summed E-state index contributed by atoms with van der Waals surface area (Å²) in [6.45, 7) is 2.26. The van der Waals surface area contributed by atoms with Gasteiger partial charge in [0.1, 0.15) is 0 Å². The van der Waals surface area contributed by atoms with Gasteiger partial charge in [-0.15, -0.1) is 11.8 Å². The first kappa shape index (κ1) is 16.6. The molecule has 0 saturated heterocycles. The first-order chi connectivity index (χ1) is 10.3. The summed E-state index contributed by atoms with van der Waals surface area (Å²) in [6, 6.07) is 8.24. The van der Waals surface area contributed by atoms with Crippen molar-refractivity contribution in [2.24, 2.45) is 5.92 Å². The Bertz CT molecular complexity index is 420. The molecule has 0 aliphatic heterocycles. The Kier molecular flexibility index (Phi) is 7.35. The van der Waals surface area contributed by atoms with Crippen LogP contribution in [-0.2, 0) is 0 Å². The number of thioether (sulfide) groups is 1. The number of rotatable bonds is 11. The molecule has 116 valence electrons. The molecule has 0 atom stereocenters. The molecular formula is C19H28OS. The van der Waals surface area contributed by atoms with E-state index in [9.17, 15) is 4.79 Å². The van der Waals surface area contributed by atoms with Gasteiger partial charge >= 0.3 is 0 Å². The summed E-state index contributed by atoms with van der Waals surface area (Å²) in [5.41, 5.74) is 0.901. The zero-order valence-electron chi connectivity index (χ0n) is 13.3. The van der Waals surface area contributed by atoms with Crippen LogP contribution in [0.4, 0.5) is 0 Å². The Labute approximate surface area is 133 Å². The van der Waals surface area contributed by atoms with Crippen LogP contribution in [0.5, 0.6) is 0 Å². The van der Waals surface area contributed by atoms with E-state index in [1.54, 1.807) is 0 Å². The average Bonchev–Trinajstić information content (AvgIpc) is 3.35. The summed E-state index contributed by atoms with van der Waals surface area (Å²) < 4.78 is 0. The molecule has 0 radical (unpaired) electrons. The molecule has 21 heavy (non-hydrogen) atoms. The molecule has 1 aromatic carbocycles. The molecule has 1 aliphatic carbocycles. The van der Waals surface area contributed by atoms with Gasteiger partial charge in [-0.25, -0.2) is 0 Å². The molecule has 0 N–H and O–H groups in total. The Morgan fingerprint density at radius 2 is 1.62 bits per heavy atom. The molecule has 2 rings (SSSR count). The van der Waals surface area contributed by atoms with Crippen LogP contribution in [0, 0.1) is 5.92 Å². The van der Waals surface area contributed by atoms with Gasteiger partial charge < -0.3 is 0 Å². The van der Waals surface area contributed by atoms with E-state index in [2.05, 4.69) is 19.1 Å². The Hall–Kier alpha value is -0.760. The molecule has 1 fully saturated rings. The van der Waals surface area contributed by atoms with E-state index in [0.717, 1.165) is 18.4 Å². The van der Waals surface area contributed by atoms with Crippen LogP contribution in [0.1, 0.15) is 75.1 Å². The van der Waals surface area contributed by atoms with Crippen LogP contribution in [0.3, 0.4) is 0 Å². The third kappa shape index (κ3) is 6.25. The number of ketones is 1. The minimum atomic E-state index is 0.330. The average molecular weight is 304 g/mol. The summed E-state index contributed by atoms with van der Waals surface area (Å²) in [7, 11) is 0. The molecule has 0 amide bonds. The lowest BCUT2D eigenvalue weighted by atomic mass is 10.1. The Balaban J connectivity index is 1.57.